The number of benzene rings is 2. The molecule has 0 aromatic heterocycles. The molecule has 26 heavy (non-hydrogen) atoms. The van der Waals surface area contributed by atoms with Crippen molar-refractivity contribution in [2.24, 2.45) is 11.8 Å². The molecule has 2 heterocycles. The predicted molar refractivity (Wildman–Crippen MR) is 106 cm³/mol. The average molecular weight is 348 g/mol. The van der Waals surface area contributed by atoms with Crippen molar-refractivity contribution in [3.05, 3.63) is 77.9 Å². The summed E-state index contributed by atoms with van der Waals surface area (Å²) in [5.74, 6) is 1.93. The fourth-order valence-corrected chi connectivity index (χ4v) is 4.38. The molecule has 5 unspecified atom stereocenters. The van der Waals surface area contributed by atoms with Gasteiger partial charge in [0.1, 0.15) is 18.0 Å². The van der Waals surface area contributed by atoms with Crippen LogP contribution in [0.1, 0.15) is 50.3 Å². The second-order valence-corrected chi connectivity index (χ2v) is 7.46. The van der Waals surface area contributed by atoms with E-state index in [1.54, 1.807) is 0 Å². The van der Waals surface area contributed by atoms with E-state index in [1.165, 1.54) is 11.1 Å². The number of fused-ring (bicyclic) bond motifs is 1. The van der Waals surface area contributed by atoms with Crippen LogP contribution in [-0.2, 0) is 9.47 Å². The van der Waals surface area contributed by atoms with Gasteiger partial charge in [-0.15, -0.1) is 0 Å². The Hall–Kier alpha value is -2.06. The van der Waals surface area contributed by atoms with Crippen LogP contribution < -0.4 is 0 Å². The van der Waals surface area contributed by atoms with Gasteiger partial charge in [0.25, 0.3) is 0 Å². The molecule has 0 N–H and O–H groups in total. The van der Waals surface area contributed by atoms with Gasteiger partial charge in [0.2, 0.25) is 0 Å². The number of hydrogen-bond donors (Lipinski definition) is 0. The van der Waals surface area contributed by atoms with Crippen molar-refractivity contribution in [3.63, 3.8) is 0 Å². The topological polar surface area (TPSA) is 18.5 Å². The monoisotopic (exact) mass is 348 g/mol. The van der Waals surface area contributed by atoms with Crippen molar-refractivity contribution in [2.45, 2.75) is 51.4 Å². The summed E-state index contributed by atoms with van der Waals surface area (Å²) in [6.07, 6.45) is 5.95. The molecule has 2 aromatic rings. The van der Waals surface area contributed by atoms with Gasteiger partial charge in [-0.1, -0.05) is 74.5 Å². The van der Waals surface area contributed by atoms with E-state index >= 15 is 0 Å². The van der Waals surface area contributed by atoms with E-state index in [2.05, 4.69) is 80.6 Å². The largest absolute Gasteiger partial charge is 0.487 e. The Labute approximate surface area is 156 Å². The van der Waals surface area contributed by atoms with Gasteiger partial charge in [0.05, 0.1) is 6.10 Å². The van der Waals surface area contributed by atoms with Gasteiger partial charge < -0.3 is 9.47 Å². The van der Waals surface area contributed by atoms with Crippen LogP contribution in [0.15, 0.2) is 66.7 Å². The first-order valence-electron chi connectivity index (χ1n) is 9.94. The van der Waals surface area contributed by atoms with Gasteiger partial charge in [-0.2, -0.15) is 0 Å². The van der Waals surface area contributed by atoms with Gasteiger partial charge in [0.15, 0.2) is 0 Å². The highest BCUT2D eigenvalue weighted by atomic mass is 16.6. The first-order chi connectivity index (χ1) is 12.8. The molecule has 0 spiro atoms. The first-order valence-corrected chi connectivity index (χ1v) is 9.94. The lowest BCUT2D eigenvalue weighted by molar-refractivity contribution is -0.167. The molecule has 2 aliphatic rings. The van der Waals surface area contributed by atoms with Crippen LogP contribution in [0, 0.1) is 11.8 Å². The van der Waals surface area contributed by atoms with Crippen LogP contribution in [0.4, 0.5) is 0 Å². The highest BCUT2D eigenvalue weighted by molar-refractivity contribution is 5.61. The van der Waals surface area contributed by atoms with E-state index in [0.29, 0.717) is 11.8 Å². The third kappa shape index (κ3) is 3.31. The minimum absolute atomic E-state index is 0.136. The van der Waals surface area contributed by atoms with Crippen LogP contribution >= 0.6 is 0 Å². The Morgan fingerprint density at radius 3 is 2.19 bits per heavy atom. The zero-order chi connectivity index (χ0) is 17.9. The quantitative estimate of drug-likeness (QED) is 0.674. The number of rotatable bonds is 4. The van der Waals surface area contributed by atoms with Gasteiger partial charge in [-0.05, 0) is 30.9 Å². The Morgan fingerprint density at radius 2 is 1.54 bits per heavy atom. The molecule has 136 valence electrons. The average Bonchev–Trinajstić information content (AvgIpc) is 2.73. The molecule has 0 saturated carbocycles. The highest BCUT2D eigenvalue weighted by Crippen LogP contribution is 2.45. The summed E-state index contributed by atoms with van der Waals surface area (Å²) in [4.78, 5) is 0. The van der Waals surface area contributed by atoms with Gasteiger partial charge >= 0.3 is 0 Å². The lowest BCUT2D eigenvalue weighted by Gasteiger charge is -2.47. The maximum atomic E-state index is 6.63. The molecule has 2 aromatic carbocycles. The van der Waals surface area contributed by atoms with Crippen LogP contribution in [0.3, 0.4) is 0 Å². The molecule has 2 heteroatoms. The second-order valence-electron chi connectivity index (χ2n) is 7.46. The molecular formula is C24H28O2. The zero-order valence-electron chi connectivity index (χ0n) is 15.7. The highest BCUT2D eigenvalue weighted by Gasteiger charge is 2.45. The van der Waals surface area contributed by atoms with Crippen molar-refractivity contribution in [3.8, 4) is 0 Å². The lowest BCUT2D eigenvalue weighted by Crippen LogP contribution is -2.49. The summed E-state index contributed by atoms with van der Waals surface area (Å²) < 4.78 is 13.2. The smallest absolute Gasteiger partial charge is 0.128 e. The number of hydrogen-bond acceptors (Lipinski definition) is 2. The van der Waals surface area contributed by atoms with E-state index in [-0.39, 0.29) is 18.3 Å². The van der Waals surface area contributed by atoms with Crippen LogP contribution in [-0.4, -0.2) is 12.2 Å². The second kappa shape index (κ2) is 7.67. The lowest BCUT2D eigenvalue weighted by atomic mass is 9.78. The molecule has 0 amide bonds. The third-order valence-electron chi connectivity index (χ3n) is 5.90. The van der Waals surface area contributed by atoms with E-state index in [4.69, 9.17) is 9.47 Å². The zero-order valence-corrected chi connectivity index (χ0v) is 15.7. The maximum Gasteiger partial charge on any atom is 0.128 e. The van der Waals surface area contributed by atoms with Gasteiger partial charge in [0, 0.05) is 17.4 Å². The third-order valence-corrected chi connectivity index (χ3v) is 5.90. The van der Waals surface area contributed by atoms with E-state index < -0.39 is 0 Å². The summed E-state index contributed by atoms with van der Waals surface area (Å²) in [5, 5.41) is 0. The van der Waals surface area contributed by atoms with Crippen molar-refractivity contribution in [1.82, 2.24) is 0 Å². The van der Waals surface area contributed by atoms with E-state index in [0.717, 1.165) is 25.0 Å². The molecule has 1 fully saturated rings. The van der Waals surface area contributed by atoms with Gasteiger partial charge in [-0.25, -0.2) is 0 Å². The van der Waals surface area contributed by atoms with Crippen molar-refractivity contribution < 1.29 is 9.47 Å². The Bertz CT molecular complexity index is 737. The first kappa shape index (κ1) is 17.4. The predicted octanol–water partition coefficient (Wildman–Crippen LogP) is 6.01. The SMILES string of the molecule is CCC1C=C(c2ccccc2)OC2C(CC)CC(c3ccccc3)OC12. The summed E-state index contributed by atoms with van der Waals surface area (Å²) >= 11 is 0. The molecule has 0 aliphatic carbocycles. The molecular weight excluding hydrogens is 320 g/mol. The summed E-state index contributed by atoms with van der Waals surface area (Å²) in [7, 11) is 0. The summed E-state index contributed by atoms with van der Waals surface area (Å²) in [6.45, 7) is 4.53. The summed E-state index contributed by atoms with van der Waals surface area (Å²) in [5.41, 5.74) is 2.46. The Balaban J connectivity index is 1.65. The van der Waals surface area contributed by atoms with Crippen LogP contribution in [0.5, 0.6) is 0 Å². The molecule has 1 saturated heterocycles. The van der Waals surface area contributed by atoms with Crippen LogP contribution in [0.2, 0.25) is 0 Å². The normalized spacial score (nSPS) is 30.8. The fraction of sp³-hybridized carbons (Fsp3) is 0.417. The molecule has 2 aliphatic heterocycles. The molecule has 0 radical (unpaired) electrons. The Morgan fingerprint density at radius 1 is 0.846 bits per heavy atom. The number of ether oxygens (including phenoxy) is 2. The molecule has 0 bridgehead atoms. The van der Waals surface area contributed by atoms with Crippen LogP contribution in [0.25, 0.3) is 5.76 Å². The molecule has 4 rings (SSSR count). The maximum absolute atomic E-state index is 6.63. The van der Waals surface area contributed by atoms with E-state index in [9.17, 15) is 0 Å². The Kier molecular flexibility index (Phi) is 5.12. The van der Waals surface area contributed by atoms with Crippen molar-refractivity contribution in [1.29, 1.82) is 0 Å². The van der Waals surface area contributed by atoms with Crippen molar-refractivity contribution >= 4 is 5.76 Å². The minimum Gasteiger partial charge on any atom is -0.487 e. The van der Waals surface area contributed by atoms with E-state index in [1.807, 2.05) is 0 Å². The standard InChI is InChI=1S/C24H28O2/c1-3-17-15-21(19-11-7-5-8-12-19)26-24-18(4-2)16-22(25-23(17)24)20-13-9-6-10-14-20/h5-15,17-18,22-24H,3-4,16H2,1-2H3. The molecule has 5 atom stereocenters. The summed E-state index contributed by atoms with van der Waals surface area (Å²) in [6, 6.07) is 21.1. The van der Waals surface area contributed by atoms with Gasteiger partial charge in [-0.3, -0.25) is 0 Å². The minimum atomic E-state index is 0.136. The fourth-order valence-electron chi connectivity index (χ4n) is 4.38. The molecule has 2 nitrogen and oxygen atoms in total. The van der Waals surface area contributed by atoms with Crippen molar-refractivity contribution in [2.75, 3.05) is 0 Å².